The zero-order valence-corrected chi connectivity index (χ0v) is 14.4. The zero-order chi connectivity index (χ0) is 16.4. The Morgan fingerprint density at radius 1 is 1.04 bits per heavy atom. The third-order valence-corrected chi connectivity index (χ3v) is 6.63. The molecule has 2 saturated heterocycles. The summed E-state index contributed by atoms with van der Waals surface area (Å²) < 4.78 is 23.1. The van der Waals surface area contributed by atoms with Gasteiger partial charge in [-0.2, -0.15) is 0 Å². The number of carbonyl (C=O) groups is 1. The first-order valence-electron chi connectivity index (χ1n) is 8.26. The predicted octanol–water partition coefficient (Wildman–Crippen LogP) is 1.33. The lowest BCUT2D eigenvalue weighted by molar-refractivity contribution is 0.0629. The molecular formula is C17H24N2O3S. The highest BCUT2D eigenvalue weighted by molar-refractivity contribution is 7.91. The summed E-state index contributed by atoms with van der Waals surface area (Å²) in [5.41, 5.74) is 1.80. The molecule has 1 amide bonds. The molecule has 0 saturated carbocycles. The van der Waals surface area contributed by atoms with Crippen LogP contribution in [0.5, 0.6) is 0 Å². The van der Waals surface area contributed by atoms with E-state index in [-0.39, 0.29) is 17.4 Å². The van der Waals surface area contributed by atoms with Gasteiger partial charge in [-0.05, 0) is 31.4 Å². The summed E-state index contributed by atoms with van der Waals surface area (Å²) in [6.45, 7) is 4.74. The smallest absolute Gasteiger partial charge is 0.254 e. The lowest BCUT2D eigenvalue weighted by Crippen LogP contribution is -2.51. The van der Waals surface area contributed by atoms with Crippen molar-refractivity contribution in [3.63, 3.8) is 0 Å². The molecule has 0 bridgehead atoms. The number of hydrogen-bond donors (Lipinski definition) is 0. The lowest BCUT2D eigenvalue weighted by Gasteiger charge is -2.40. The molecule has 0 spiro atoms. The van der Waals surface area contributed by atoms with E-state index in [0.29, 0.717) is 19.1 Å². The van der Waals surface area contributed by atoms with Crippen molar-refractivity contribution in [2.24, 2.45) is 0 Å². The summed E-state index contributed by atoms with van der Waals surface area (Å²) in [6, 6.07) is 8.11. The van der Waals surface area contributed by atoms with Crippen LogP contribution in [0, 0.1) is 6.92 Å². The number of benzene rings is 1. The number of aryl methyl sites for hydroxylation is 1. The van der Waals surface area contributed by atoms with E-state index in [1.807, 2.05) is 36.1 Å². The Kier molecular flexibility index (Phi) is 4.73. The van der Waals surface area contributed by atoms with E-state index in [9.17, 15) is 13.2 Å². The quantitative estimate of drug-likeness (QED) is 0.818. The Balaban J connectivity index is 1.57. The van der Waals surface area contributed by atoms with Crippen LogP contribution in [0.3, 0.4) is 0 Å². The maximum absolute atomic E-state index is 12.6. The highest BCUT2D eigenvalue weighted by atomic mass is 32.2. The van der Waals surface area contributed by atoms with E-state index in [2.05, 4.69) is 4.90 Å². The van der Waals surface area contributed by atoms with Gasteiger partial charge in [0.15, 0.2) is 9.84 Å². The molecule has 2 fully saturated rings. The van der Waals surface area contributed by atoms with E-state index < -0.39 is 9.84 Å². The number of sulfone groups is 1. The van der Waals surface area contributed by atoms with Crippen LogP contribution in [0.2, 0.25) is 0 Å². The highest BCUT2D eigenvalue weighted by Crippen LogP contribution is 2.21. The Bertz CT molecular complexity index is 665. The van der Waals surface area contributed by atoms with Gasteiger partial charge in [0.1, 0.15) is 0 Å². The summed E-state index contributed by atoms with van der Waals surface area (Å²) in [4.78, 5) is 16.8. The zero-order valence-electron chi connectivity index (χ0n) is 13.6. The molecule has 5 nitrogen and oxygen atoms in total. The number of rotatable bonds is 2. The minimum atomic E-state index is -2.83. The van der Waals surface area contributed by atoms with E-state index in [1.54, 1.807) is 0 Å². The van der Waals surface area contributed by atoms with Crippen molar-refractivity contribution in [3.8, 4) is 0 Å². The molecule has 0 unspecified atom stereocenters. The Hall–Kier alpha value is -1.40. The average molecular weight is 336 g/mol. The number of amides is 1. The van der Waals surface area contributed by atoms with Crippen molar-refractivity contribution in [3.05, 3.63) is 35.4 Å². The summed E-state index contributed by atoms with van der Waals surface area (Å²) in [5.74, 6) is 0.660. The van der Waals surface area contributed by atoms with Crippen LogP contribution < -0.4 is 0 Å². The van der Waals surface area contributed by atoms with Crippen molar-refractivity contribution in [2.45, 2.75) is 25.8 Å². The van der Waals surface area contributed by atoms with Crippen LogP contribution >= 0.6 is 0 Å². The Morgan fingerprint density at radius 2 is 1.65 bits per heavy atom. The first kappa shape index (κ1) is 16.5. The van der Waals surface area contributed by atoms with E-state index in [1.165, 1.54) is 0 Å². The van der Waals surface area contributed by atoms with Gasteiger partial charge >= 0.3 is 0 Å². The molecular weight excluding hydrogens is 312 g/mol. The van der Waals surface area contributed by atoms with Gasteiger partial charge in [0, 0.05) is 37.8 Å². The average Bonchev–Trinajstić information content (AvgIpc) is 2.55. The molecule has 2 aliphatic rings. The molecule has 126 valence electrons. The molecule has 0 radical (unpaired) electrons. The van der Waals surface area contributed by atoms with Gasteiger partial charge in [0.25, 0.3) is 5.91 Å². The van der Waals surface area contributed by atoms with Crippen LogP contribution in [-0.4, -0.2) is 67.9 Å². The minimum Gasteiger partial charge on any atom is -0.339 e. The fraction of sp³-hybridized carbons (Fsp3) is 0.588. The molecule has 3 rings (SSSR count). The van der Waals surface area contributed by atoms with Gasteiger partial charge in [0.2, 0.25) is 0 Å². The molecule has 1 aromatic carbocycles. The molecule has 6 heteroatoms. The van der Waals surface area contributed by atoms with Crippen LogP contribution in [-0.2, 0) is 9.84 Å². The van der Waals surface area contributed by atoms with Crippen molar-refractivity contribution < 1.29 is 13.2 Å². The number of carbonyl (C=O) groups excluding carboxylic acids is 1. The number of likely N-dealkylation sites (tertiary alicyclic amines) is 1. The molecule has 23 heavy (non-hydrogen) atoms. The van der Waals surface area contributed by atoms with Gasteiger partial charge in [-0.1, -0.05) is 18.2 Å². The normalized spacial score (nSPS) is 22.9. The molecule has 0 aromatic heterocycles. The minimum absolute atomic E-state index is 0.114. The van der Waals surface area contributed by atoms with Gasteiger partial charge in [-0.25, -0.2) is 8.42 Å². The maximum Gasteiger partial charge on any atom is 0.254 e. The third-order valence-electron chi connectivity index (χ3n) is 5.02. The maximum atomic E-state index is 12.6. The van der Waals surface area contributed by atoms with Crippen molar-refractivity contribution in [2.75, 3.05) is 37.7 Å². The van der Waals surface area contributed by atoms with Crippen LogP contribution in [0.4, 0.5) is 0 Å². The SMILES string of the molecule is Cc1ccccc1C(=O)N1CCC(N2CCS(=O)(=O)CC2)CC1. The van der Waals surface area contributed by atoms with Crippen LogP contribution in [0.15, 0.2) is 24.3 Å². The Morgan fingerprint density at radius 3 is 2.26 bits per heavy atom. The van der Waals surface area contributed by atoms with E-state index in [4.69, 9.17) is 0 Å². The van der Waals surface area contributed by atoms with Gasteiger partial charge < -0.3 is 4.90 Å². The lowest BCUT2D eigenvalue weighted by atomic mass is 10.0. The third kappa shape index (κ3) is 3.75. The topological polar surface area (TPSA) is 57.7 Å². The van der Waals surface area contributed by atoms with Crippen molar-refractivity contribution in [1.82, 2.24) is 9.80 Å². The second-order valence-corrected chi connectivity index (χ2v) is 8.83. The summed E-state index contributed by atoms with van der Waals surface area (Å²) in [7, 11) is -2.83. The predicted molar refractivity (Wildman–Crippen MR) is 90.3 cm³/mol. The molecule has 1 aromatic rings. The fourth-order valence-electron chi connectivity index (χ4n) is 3.51. The second kappa shape index (κ2) is 6.61. The Labute approximate surface area is 138 Å². The number of piperidine rings is 1. The summed E-state index contributed by atoms with van der Waals surface area (Å²) >= 11 is 0. The first-order chi connectivity index (χ1) is 11.0. The van der Waals surface area contributed by atoms with Gasteiger partial charge in [-0.3, -0.25) is 9.69 Å². The molecule has 2 aliphatic heterocycles. The largest absolute Gasteiger partial charge is 0.339 e. The van der Waals surface area contributed by atoms with Crippen LogP contribution in [0.25, 0.3) is 0 Å². The fourth-order valence-corrected chi connectivity index (χ4v) is 4.74. The number of hydrogen-bond acceptors (Lipinski definition) is 4. The highest BCUT2D eigenvalue weighted by Gasteiger charge is 2.31. The molecule has 2 heterocycles. The first-order valence-corrected chi connectivity index (χ1v) is 10.1. The summed E-state index contributed by atoms with van der Waals surface area (Å²) in [6.07, 6.45) is 1.86. The summed E-state index contributed by atoms with van der Waals surface area (Å²) in [5, 5.41) is 0. The van der Waals surface area contributed by atoms with Crippen molar-refractivity contribution >= 4 is 15.7 Å². The van der Waals surface area contributed by atoms with Gasteiger partial charge in [0.05, 0.1) is 11.5 Å². The van der Waals surface area contributed by atoms with E-state index in [0.717, 1.165) is 37.1 Å². The van der Waals surface area contributed by atoms with Gasteiger partial charge in [-0.15, -0.1) is 0 Å². The molecule has 0 atom stereocenters. The number of nitrogens with zero attached hydrogens (tertiary/aromatic N) is 2. The monoisotopic (exact) mass is 336 g/mol. The molecule has 0 N–H and O–H groups in total. The van der Waals surface area contributed by atoms with E-state index >= 15 is 0 Å². The second-order valence-electron chi connectivity index (χ2n) is 6.53. The van der Waals surface area contributed by atoms with Crippen LogP contribution in [0.1, 0.15) is 28.8 Å². The van der Waals surface area contributed by atoms with Crippen molar-refractivity contribution in [1.29, 1.82) is 0 Å². The standard InChI is InChI=1S/C17H24N2O3S/c1-14-4-2-3-5-16(14)17(20)19-8-6-15(7-9-19)18-10-12-23(21,22)13-11-18/h2-5,15H,6-13H2,1H3. The molecule has 0 aliphatic carbocycles.